The monoisotopic (exact) mass is 439 g/mol. The van der Waals surface area contributed by atoms with E-state index >= 15 is 0 Å². The lowest BCUT2D eigenvalue weighted by molar-refractivity contribution is -0.137. The molecule has 0 amide bonds. The van der Waals surface area contributed by atoms with Crippen LogP contribution in [0.1, 0.15) is 40.8 Å². The lowest BCUT2D eigenvalue weighted by atomic mass is 10.0. The number of benzene rings is 1. The van der Waals surface area contributed by atoms with Crippen LogP contribution in [0.3, 0.4) is 0 Å². The van der Waals surface area contributed by atoms with Gasteiger partial charge in [0.05, 0.1) is 12.1 Å². The van der Waals surface area contributed by atoms with E-state index in [4.69, 9.17) is 0 Å². The SMILES string of the molecule is CCNC(=NCc1ncc(C)s1)NC1CCN(Cc2cccc(C(F)(F)F)c2)CC1. The number of nitrogens with one attached hydrogen (secondary N) is 2. The molecule has 0 bridgehead atoms. The normalized spacial score (nSPS) is 16.6. The Hall–Kier alpha value is -2.13. The summed E-state index contributed by atoms with van der Waals surface area (Å²) in [4.78, 5) is 12.4. The zero-order valence-electron chi connectivity index (χ0n) is 17.3. The van der Waals surface area contributed by atoms with Gasteiger partial charge in [-0.1, -0.05) is 18.2 Å². The van der Waals surface area contributed by atoms with Crippen molar-refractivity contribution >= 4 is 17.3 Å². The topological polar surface area (TPSA) is 52.6 Å². The Morgan fingerprint density at radius 2 is 2.07 bits per heavy atom. The number of rotatable bonds is 6. The number of likely N-dealkylation sites (tertiary alicyclic amines) is 1. The molecule has 0 atom stereocenters. The molecule has 9 heteroatoms. The first-order valence-electron chi connectivity index (χ1n) is 10.2. The minimum Gasteiger partial charge on any atom is -0.357 e. The van der Waals surface area contributed by atoms with Gasteiger partial charge in [0, 0.05) is 43.3 Å². The number of aliphatic imine (C=N–C) groups is 1. The highest BCUT2D eigenvalue weighted by Crippen LogP contribution is 2.30. The van der Waals surface area contributed by atoms with Crippen molar-refractivity contribution in [3.05, 3.63) is 51.5 Å². The lowest BCUT2D eigenvalue weighted by Crippen LogP contribution is -2.48. The third-order valence-electron chi connectivity index (χ3n) is 4.97. The average Bonchev–Trinajstić information content (AvgIpc) is 3.13. The van der Waals surface area contributed by atoms with Gasteiger partial charge >= 0.3 is 6.18 Å². The molecule has 0 unspecified atom stereocenters. The summed E-state index contributed by atoms with van der Waals surface area (Å²) in [5, 5.41) is 7.75. The highest BCUT2D eigenvalue weighted by Gasteiger charge is 2.30. The summed E-state index contributed by atoms with van der Waals surface area (Å²) in [5.41, 5.74) is 0.114. The molecule has 30 heavy (non-hydrogen) atoms. The zero-order valence-corrected chi connectivity index (χ0v) is 18.1. The van der Waals surface area contributed by atoms with Crippen LogP contribution >= 0.6 is 11.3 Å². The molecule has 164 valence electrons. The van der Waals surface area contributed by atoms with Gasteiger partial charge in [0.1, 0.15) is 5.01 Å². The first-order chi connectivity index (χ1) is 14.3. The molecule has 2 heterocycles. The molecule has 1 fully saturated rings. The van der Waals surface area contributed by atoms with Gasteiger partial charge in [0.2, 0.25) is 0 Å². The highest BCUT2D eigenvalue weighted by molar-refractivity contribution is 7.11. The second-order valence-corrected chi connectivity index (χ2v) is 8.77. The molecular weight excluding hydrogens is 411 g/mol. The molecule has 5 nitrogen and oxygen atoms in total. The smallest absolute Gasteiger partial charge is 0.357 e. The quantitative estimate of drug-likeness (QED) is 0.524. The van der Waals surface area contributed by atoms with E-state index in [0.29, 0.717) is 24.7 Å². The summed E-state index contributed by atoms with van der Waals surface area (Å²) < 4.78 is 38.7. The molecule has 1 saturated heterocycles. The van der Waals surface area contributed by atoms with Gasteiger partial charge in [0.25, 0.3) is 0 Å². The third-order valence-corrected chi connectivity index (χ3v) is 5.87. The van der Waals surface area contributed by atoms with Crippen molar-refractivity contribution in [2.24, 2.45) is 4.99 Å². The molecule has 2 N–H and O–H groups in total. The van der Waals surface area contributed by atoms with Crippen molar-refractivity contribution < 1.29 is 13.2 Å². The fourth-order valence-electron chi connectivity index (χ4n) is 3.47. The number of aromatic nitrogens is 1. The van der Waals surface area contributed by atoms with E-state index in [9.17, 15) is 13.2 Å². The molecule has 0 radical (unpaired) electrons. The van der Waals surface area contributed by atoms with Crippen LogP contribution in [-0.4, -0.2) is 41.5 Å². The van der Waals surface area contributed by atoms with E-state index in [1.54, 1.807) is 17.4 Å². The standard InChI is InChI=1S/C21H28F3N5S/c1-3-25-20(27-13-19-26-12-15(2)30-19)28-18-7-9-29(10-8-18)14-16-5-4-6-17(11-16)21(22,23)24/h4-6,11-12,18H,3,7-10,13-14H2,1-2H3,(H2,25,27,28). The number of nitrogens with zero attached hydrogens (tertiary/aromatic N) is 3. The summed E-state index contributed by atoms with van der Waals surface area (Å²) in [6, 6.07) is 5.90. The first-order valence-corrected chi connectivity index (χ1v) is 11.0. The van der Waals surface area contributed by atoms with Crippen LogP contribution in [0.2, 0.25) is 0 Å². The Labute approximate surface area is 179 Å². The lowest BCUT2D eigenvalue weighted by Gasteiger charge is -2.33. The maximum Gasteiger partial charge on any atom is 0.416 e. The molecule has 0 saturated carbocycles. The minimum atomic E-state index is -4.30. The van der Waals surface area contributed by atoms with Crippen molar-refractivity contribution in [2.45, 2.75) is 52.0 Å². The van der Waals surface area contributed by atoms with Crippen molar-refractivity contribution in [2.75, 3.05) is 19.6 Å². The van der Waals surface area contributed by atoms with E-state index < -0.39 is 11.7 Å². The van der Waals surface area contributed by atoms with Crippen LogP contribution < -0.4 is 10.6 Å². The first kappa shape index (κ1) is 22.6. The Bertz CT molecular complexity index is 841. The van der Waals surface area contributed by atoms with E-state index in [0.717, 1.165) is 49.5 Å². The zero-order chi connectivity index (χ0) is 21.6. The number of halogens is 3. The van der Waals surface area contributed by atoms with Crippen LogP contribution in [0.5, 0.6) is 0 Å². The van der Waals surface area contributed by atoms with E-state index in [-0.39, 0.29) is 0 Å². The van der Waals surface area contributed by atoms with Gasteiger partial charge in [-0.25, -0.2) is 9.98 Å². The molecule has 1 aliphatic rings. The van der Waals surface area contributed by atoms with Gasteiger partial charge in [-0.05, 0) is 38.3 Å². The number of thiazole rings is 1. The molecule has 1 aromatic carbocycles. The van der Waals surface area contributed by atoms with Crippen LogP contribution in [-0.2, 0) is 19.3 Å². The molecule has 3 rings (SSSR count). The molecule has 1 aliphatic heterocycles. The fraction of sp³-hybridized carbons (Fsp3) is 0.524. The van der Waals surface area contributed by atoms with E-state index in [1.165, 1.54) is 17.0 Å². The fourth-order valence-corrected chi connectivity index (χ4v) is 4.19. The number of hydrogen-bond acceptors (Lipinski definition) is 4. The number of aryl methyl sites for hydroxylation is 1. The van der Waals surface area contributed by atoms with Gasteiger partial charge < -0.3 is 10.6 Å². The van der Waals surface area contributed by atoms with Gasteiger partial charge in [-0.3, -0.25) is 4.90 Å². The Morgan fingerprint density at radius 1 is 1.30 bits per heavy atom. The molecular formula is C21H28F3N5S. The number of hydrogen-bond donors (Lipinski definition) is 2. The van der Waals surface area contributed by atoms with Gasteiger partial charge in [-0.15, -0.1) is 11.3 Å². The second-order valence-electron chi connectivity index (χ2n) is 7.45. The third kappa shape index (κ3) is 6.70. The minimum absolute atomic E-state index is 0.290. The van der Waals surface area contributed by atoms with Gasteiger partial charge in [-0.2, -0.15) is 13.2 Å². The molecule has 2 aromatic rings. The van der Waals surface area contributed by atoms with Crippen molar-refractivity contribution in [1.29, 1.82) is 0 Å². The summed E-state index contributed by atoms with van der Waals surface area (Å²) in [7, 11) is 0. The van der Waals surface area contributed by atoms with Gasteiger partial charge in [0.15, 0.2) is 5.96 Å². The summed E-state index contributed by atoms with van der Waals surface area (Å²) in [6.07, 6.45) is -0.609. The average molecular weight is 440 g/mol. The Balaban J connectivity index is 1.50. The largest absolute Gasteiger partial charge is 0.416 e. The number of alkyl halides is 3. The maximum atomic E-state index is 12.9. The van der Waals surface area contributed by atoms with Crippen LogP contribution in [0.4, 0.5) is 13.2 Å². The summed E-state index contributed by atoms with van der Waals surface area (Å²) in [6.45, 7) is 7.58. The van der Waals surface area contributed by atoms with Crippen LogP contribution in [0, 0.1) is 6.92 Å². The Morgan fingerprint density at radius 3 is 2.70 bits per heavy atom. The Kier molecular flexibility index (Phi) is 7.71. The van der Waals surface area contributed by atoms with Crippen molar-refractivity contribution in [3.63, 3.8) is 0 Å². The van der Waals surface area contributed by atoms with Crippen molar-refractivity contribution in [3.8, 4) is 0 Å². The van der Waals surface area contributed by atoms with E-state index in [1.807, 2.05) is 20.0 Å². The van der Waals surface area contributed by atoms with Crippen LogP contribution in [0.15, 0.2) is 35.5 Å². The number of piperidine rings is 1. The predicted molar refractivity (Wildman–Crippen MR) is 115 cm³/mol. The summed E-state index contributed by atoms with van der Waals surface area (Å²) >= 11 is 1.65. The summed E-state index contributed by atoms with van der Waals surface area (Å²) in [5.74, 6) is 0.779. The second kappa shape index (κ2) is 10.3. The highest BCUT2D eigenvalue weighted by atomic mass is 32.1. The molecule has 0 spiro atoms. The number of guanidine groups is 1. The molecule has 0 aliphatic carbocycles. The van der Waals surface area contributed by atoms with E-state index in [2.05, 4.69) is 25.5 Å². The predicted octanol–water partition coefficient (Wildman–Crippen LogP) is 4.19. The van der Waals surface area contributed by atoms with Crippen LogP contribution in [0.25, 0.3) is 0 Å². The molecule has 1 aromatic heterocycles. The maximum absolute atomic E-state index is 12.9. The van der Waals surface area contributed by atoms with Crippen molar-refractivity contribution in [1.82, 2.24) is 20.5 Å².